The number of carbonyl (C=O) groups is 1. The number of H-pyrrole nitrogens is 1. The zero-order chi connectivity index (χ0) is 16.1. The van der Waals surface area contributed by atoms with Crippen molar-refractivity contribution in [2.24, 2.45) is 0 Å². The molecular weight excluding hydrogens is 300 g/mol. The molecule has 1 aromatic heterocycles. The lowest BCUT2D eigenvalue weighted by atomic mass is 10.2. The molecule has 0 bridgehead atoms. The summed E-state index contributed by atoms with van der Waals surface area (Å²) in [6.07, 6.45) is 0.830. The van der Waals surface area contributed by atoms with Gasteiger partial charge < -0.3 is 5.32 Å². The van der Waals surface area contributed by atoms with E-state index >= 15 is 0 Å². The Morgan fingerprint density at radius 2 is 2.27 bits per heavy atom. The van der Waals surface area contributed by atoms with Gasteiger partial charge in [-0.05, 0) is 38.0 Å². The maximum Gasteiger partial charge on any atom is 0.343 e. The maximum atomic E-state index is 12.2. The molecule has 1 atom stereocenters. The average molecular weight is 320 g/mol. The van der Waals surface area contributed by atoms with Crippen molar-refractivity contribution < 1.29 is 4.79 Å². The Kier molecular flexibility index (Phi) is 5.43. The van der Waals surface area contributed by atoms with E-state index in [1.165, 1.54) is 11.8 Å². The van der Waals surface area contributed by atoms with Crippen LogP contribution < -0.4 is 11.0 Å². The van der Waals surface area contributed by atoms with Crippen LogP contribution in [0.2, 0.25) is 0 Å². The quantitative estimate of drug-likeness (QED) is 0.801. The normalized spacial score (nSPS) is 12.1. The number of rotatable bonds is 6. The second-order valence-electron chi connectivity index (χ2n) is 5.08. The van der Waals surface area contributed by atoms with Crippen LogP contribution in [-0.2, 0) is 11.3 Å². The molecule has 2 aromatic rings. The number of amides is 1. The Hall–Kier alpha value is -2.02. The minimum Gasteiger partial charge on any atom is -0.325 e. The average Bonchev–Trinajstić information content (AvgIpc) is 2.80. The van der Waals surface area contributed by atoms with Crippen LogP contribution in [0.1, 0.15) is 25.8 Å². The molecule has 2 rings (SSSR count). The fraction of sp³-hybridized carbons (Fsp3) is 0.400. The van der Waals surface area contributed by atoms with Gasteiger partial charge in [0, 0.05) is 12.2 Å². The molecule has 0 aliphatic rings. The molecule has 118 valence electrons. The molecule has 0 aliphatic carbocycles. The lowest BCUT2D eigenvalue weighted by Gasteiger charge is -2.12. The second kappa shape index (κ2) is 7.31. The van der Waals surface area contributed by atoms with E-state index in [-0.39, 0.29) is 16.8 Å². The second-order valence-corrected chi connectivity index (χ2v) is 6.39. The fourth-order valence-corrected chi connectivity index (χ4v) is 2.87. The molecule has 0 fully saturated rings. The Morgan fingerprint density at radius 1 is 1.50 bits per heavy atom. The van der Waals surface area contributed by atoms with E-state index in [0.29, 0.717) is 11.7 Å². The van der Waals surface area contributed by atoms with E-state index in [0.717, 1.165) is 17.7 Å². The lowest BCUT2D eigenvalue weighted by molar-refractivity contribution is -0.115. The van der Waals surface area contributed by atoms with E-state index in [2.05, 4.69) is 15.5 Å². The number of thioether (sulfide) groups is 1. The highest BCUT2D eigenvalue weighted by atomic mass is 32.2. The van der Waals surface area contributed by atoms with Gasteiger partial charge in [-0.15, -0.1) is 5.10 Å². The largest absolute Gasteiger partial charge is 0.343 e. The van der Waals surface area contributed by atoms with Crippen LogP contribution >= 0.6 is 11.8 Å². The predicted molar refractivity (Wildman–Crippen MR) is 88.3 cm³/mol. The molecule has 1 amide bonds. The van der Waals surface area contributed by atoms with Crippen molar-refractivity contribution in [1.29, 1.82) is 0 Å². The minimum atomic E-state index is -0.355. The molecule has 6 nitrogen and oxygen atoms in total. The smallest absolute Gasteiger partial charge is 0.325 e. The molecule has 1 heterocycles. The van der Waals surface area contributed by atoms with Crippen molar-refractivity contribution in [3.05, 3.63) is 40.3 Å². The summed E-state index contributed by atoms with van der Waals surface area (Å²) in [5.74, 6) is -0.117. The van der Waals surface area contributed by atoms with Crippen LogP contribution in [0.25, 0.3) is 0 Å². The topological polar surface area (TPSA) is 79.8 Å². The first kappa shape index (κ1) is 16.4. The zero-order valence-electron chi connectivity index (χ0n) is 12.9. The highest BCUT2D eigenvalue weighted by Gasteiger charge is 2.18. The third-order valence-electron chi connectivity index (χ3n) is 3.11. The SMILES string of the molecule is CCCn1c(S[C@@H](C)C(=O)Nc2cccc(C)c2)n[nH]c1=O. The molecule has 0 spiro atoms. The van der Waals surface area contributed by atoms with Crippen LogP contribution in [0.15, 0.2) is 34.2 Å². The first-order valence-corrected chi connectivity index (χ1v) is 8.08. The van der Waals surface area contributed by atoms with E-state index in [9.17, 15) is 9.59 Å². The number of aryl methyl sites for hydroxylation is 1. The molecule has 0 radical (unpaired) electrons. The minimum absolute atomic E-state index is 0.117. The third-order valence-corrected chi connectivity index (χ3v) is 4.20. The van der Waals surface area contributed by atoms with Gasteiger partial charge in [-0.25, -0.2) is 9.89 Å². The summed E-state index contributed by atoms with van der Waals surface area (Å²) in [5.41, 5.74) is 1.61. The number of anilines is 1. The van der Waals surface area contributed by atoms with Gasteiger partial charge in [0.1, 0.15) is 0 Å². The summed E-state index contributed by atoms with van der Waals surface area (Å²) in [6, 6.07) is 7.64. The highest BCUT2D eigenvalue weighted by Crippen LogP contribution is 2.21. The lowest BCUT2D eigenvalue weighted by Crippen LogP contribution is -2.24. The Labute approximate surface area is 133 Å². The molecule has 1 aromatic carbocycles. The summed E-state index contributed by atoms with van der Waals surface area (Å²) < 4.78 is 1.56. The Balaban J connectivity index is 2.04. The number of benzene rings is 1. The van der Waals surface area contributed by atoms with Crippen molar-refractivity contribution >= 4 is 23.4 Å². The summed E-state index contributed by atoms with van der Waals surface area (Å²) in [4.78, 5) is 23.9. The Bertz CT molecular complexity index is 708. The molecule has 0 unspecified atom stereocenters. The van der Waals surface area contributed by atoms with Gasteiger partial charge in [-0.3, -0.25) is 9.36 Å². The van der Waals surface area contributed by atoms with Gasteiger partial charge in [-0.1, -0.05) is 30.8 Å². The van der Waals surface area contributed by atoms with E-state index in [1.54, 1.807) is 11.5 Å². The number of aromatic amines is 1. The molecular formula is C15H20N4O2S. The van der Waals surface area contributed by atoms with Gasteiger partial charge >= 0.3 is 5.69 Å². The highest BCUT2D eigenvalue weighted by molar-refractivity contribution is 8.00. The number of nitrogens with one attached hydrogen (secondary N) is 2. The van der Waals surface area contributed by atoms with Crippen molar-refractivity contribution in [3.63, 3.8) is 0 Å². The predicted octanol–water partition coefficient (Wildman–Crippen LogP) is 2.41. The molecule has 0 saturated heterocycles. The first-order valence-electron chi connectivity index (χ1n) is 7.20. The molecule has 2 N–H and O–H groups in total. The van der Waals surface area contributed by atoms with Gasteiger partial charge in [-0.2, -0.15) is 0 Å². The van der Waals surface area contributed by atoms with Gasteiger partial charge in [0.2, 0.25) is 5.91 Å². The number of hydrogen-bond donors (Lipinski definition) is 2. The number of aromatic nitrogens is 3. The standard InChI is InChI=1S/C15H20N4O2S/c1-4-8-19-14(21)17-18-15(19)22-11(3)13(20)16-12-7-5-6-10(2)9-12/h5-7,9,11H,4,8H2,1-3H3,(H,16,20)(H,17,21)/t11-/m0/s1. The summed E-state index contributed by atoms with van der Waals surface area (Å²) >= 11 is 1.27. The van der Waals surface area contributed by atoms with Crippen LogP contribution in [0.4, 0.5) is 5.69 Å². The van der Waals surface area contributed by atoms with Crippen LogP contribution in [0.3, 0.4) is 0 Å². The molecule has 0 saturated carbocycles. The summed E-state index contributed by atoms with van der Waals surface area (Å²) in [5, 5.41) is 9.48. The maximum absolute atomic E-state index is 12.2. The van der Waals surface area contributed by atoms with Crippen molar-refractivity contribution in [2.75, 3.05) is 5.32 Å². The fourth-order valence-electron chi connectivity index (χ4n) is 1.99. The van der Waals surface area contributed by atoms with Crippen molar-refractivity contribution in [3.8, 4) is 0 Å². The Morgan fingerprint density at radius 3 is 2.95 bits per heavy atom. The summed E-state index contributed by atoms with van der Waals surface area (Å²) in [7, 11) is 0. The van der Waals surface area contributed by atoms with Gasteiger partial charge in [0.05, 0.1) is 5.25 Å². The van der Waals surface area contributed by atoms with Crippen molar-refractivity contribution in [2.45, 2.75) is 44.1 Å². The monoisotopic (exact) mass is 320 g/mol. The molecule has 7 heteroatoms. The van der Waals surface area contributed by atoms with Crippen LogP contribution in [0.5, 0.6) is 0 Å². The summed E-state index contributed by atoms with van der Waals surface area (Å²) in [6.45, 7) is 6.35. The van der Waals surface area contributed by atoms with E-state index in [4.69, 9.17) is 0 Å². The van der Waals surface area contributed by atoms with Crippen molar-refractivity contribution in [1.82, 2.24) is 14.8 Å². The zero-order valence-corrected chi connectivity index (χ0v) is 13.7. The number of hydrogen-bond acceptors (Lipinski definition) is 4. The van der Waals surface area contributed by atoms with Crippen LogP contribution in [-0.4, -0.2) is 25.9 Å². The number of carbonyl (C=O) groups excluding carboxylic acids is 1. The molecule has 0 aliphatic heterocycles. The van der Waals surface area contributed by atoms with E-state index < -0.39 is 0 Å². The van der Waals surface area contributed by atoms with Gasteiger partial charge in [0.15, 0.2) is 5.16 Å². The van der Waals surface area contributed by atoms with Gasteiger partial charge in [0.25, 0.3) is 0 Å². The van der Waals surface area contributed by atoms with E-state index in [1.807, 2.05) is 38.1 Å². The third kappa shape index (κ3) is 4.00. The number of nitrogens with zero attached hydrogens (tertiary/aromatic N) is 2. The first-order chi connectivity index (χ1) is 10.5. The van der Waals surface area contributed by atoms with Crippen LogP contribution in [0, 0.1) is 6.92 Å². The molecule has 22 heavy (non-hydrogen) atoms.